The zero-order chi connectivity index (χ0) is 12.5. The highest BCUT2D eigenvalue weighted by molar-refractivity contribution is 5.49. The van der Waals surface area contributed by atoms with Gasteiger partial charge in [0.15, 0.2) is 11.5 Å². The van der Waals surface area contributed by atoms with Crippen LogP contribution in [0.5, 0.6) is 11.5 Å². The van der Waals surface area contributed by atoms with Crippen LogP contribution in [0.2, 0.25) is 0 Å². The van der Waals surface area contributed by atoms with E-state index in [0.717, 1.165) is 42.7 Å². The van der Waals surface area contributed by atoms with Crippen LogP contribution in [0.3, 0.4) is 0 Å². The molecule has 0 saturated heterocycles. The maximum absolute atomic E-state index is 10.2. The molecular weight excluding hydrogens is 228 g/mol. The SMILES string of the molecule is CC1COc2cc3c(cc2OC1)[C@@H](O)CCCC3. The zero-order valence-electron chi connectivity index (χ0n) is 10.8. The van der Waals surface area contributed by atoms with Gasteiger partial charge in [0, 0.05) is 5.92 Å². The third-order valence-electron chi connectivity index (χ3n) is 3.78. The van der Waals surface area contributed by atoms with Crippen molar-refractivity contribution in [2.45, 2.75) is 38.7 Å². The predicted molar refractivity (Wildman–Crippen MR) is 69.1 cm³/mol. The van der Waals surface area contributed by atoms with Gasteiger partial charge in [-0.15, -0.1) is 0 Å². The summed E-state index contributed by atoms with van der Waals surface area (Å²) in [5, 5.41) is 10.2. The highest BCUT2D eigenvalue weighted by atomic mass is 16.5. The van der Waals surface area contributed by atoms with E-state index in [0.29, 0.717) is 19.1 Å². The number of hydrogen-bond donors (Lipinski definition) is 1. The van der Waals surface area contributed by atoms with Gasteiger partial charge in [-0.1, -0.05) is 13.3 Å². The average Bonchev–Trinajstić information content (AvgIpc) is 2.66. The van der Waals surface area contributed by atoms with Crippen molar-refractivity contribution in [2.24, 2.45) is 5.92 Å². The molecule has 0 radical (unpaired) electrons. The summed E-state index contributed by atoms with van der Waals surface area (Å²) in [5.41, 5.74) is 2.25. The third-order valence-corrected chi connectivity index (χ3v) is 3.78. The lowest BCUT2D eigenvalue weighted by atomic mass is 10.00. The van der Waals surface area contributed by atoms with E-state index in [-0.39, 0.29) is 6.10 Å². The zero-order valence-corrected chi connectivity index (χ0v) is 10.8. The molecule has 18 heavy (non-hydrogen) atoms. The fraction of sp³-hybridized carbons (Fsp3) is 0.600. The second-order valence-electron chi connectivity index (χ2n) is 5.49. The normalized spacial score (nSPS) is 27.0. The van der Waals surface area contributed by atoms with Crippen molar-refractivity contribution < 1.29 is 14.6 Å². The molecule has 1 unspecified atom stereocenters. The molecule has 1 N–H and O–H groups in total. The van der Waals surface area contributed by atoms with Crippen molar-refractivity contribution in [2.75, 3.05) is 13.2 Å². The minimum absolute atomic E-state index is 0.350. The van der Waals surface area contributed by atoms with Gasteiger partial charge in [0.25, 0.3) is 0 Å². The Bertz CT molecular complexity index is 442. The van der Waals surface area contributed by atoms with Crippen molar-refractivity contribution >= 4 is 0 Å². The Balaban J connectivity index is 2.00. The van der Waals surface area contributed by atoms with Crippen LogP contribution in [0, 0.1) is 5.92 Å². The van der Waals surface area contributed by atoms with Crippen LogP contribution in [-0.2, 0) is 6.42 Å². The van der Waals surface area contributed by atoms with Crippen LogP contribution in [0.1, 0.15) is 43.4 Å². The highest BCUT2D eigenvalue weighted by Crippen LogP contribution is 2.38. The molecule has 0 amide bonds. The van der Waals surface area contributed by atoms with Crippen molar-refractivity contribution in [3.05, 3.63) is 23.3 Å². The second-order valence-corrected chi connectivity index (χ2v) is 5.49. The van der Waals surface area contributed by atoms with Crippen LogP contribution in [0.15, 0.2) is 12.1 Å². The fourth-order valence-electron chi connectivity index (χ4n) is 2.69. The Morgan fingerprint density at radius 1 is 1.11 bits per heavy atom. The lowest BCUT2D eigenvalue weighted by molar-refractivity contribution is 0.166. The quantitative estimate of drug-likeness (QED) is 0.717. The van der Waals surface area contributed by atoms with E-state index >= 15 is 0 Å². The molecule has 0 aromatic heterocycles. The van der Waals surface area contributed by atoms with Crippen molar-refractivity contribution in [3.63, 3.8) is 0 Å². The van der Waals surface area contributed by atoms with Gasteiger partial charge in [0.2, 0.25) is 0 Å². The number of ether oxygens (including phenoxy) is 2. The number of aryl methyl sites for hydroxylation is 1. The minimum atomic E-state index is -0.350. The average molecular weight is 248 g/mol. The first-order chi connectivity index (χ1) is 8.74. The first-order valence-electron chi connectivity index (χ1n) is 6.84. The standard InChI is InChI=1S/C15H20O3/c1-10-8-17-14-6-11-4-2-3-5-13(16)12(11)7-15(14)18-9-10/h6-7,10,13,16H,2-5,8-9H2,1H3/t10?,13-/m0/s1. The molecule has 1 aromatic carbocycles. The molecule has 3 heteroatoms. The number of benzene rings is 1. The largest absolute Gasteiger partial charge is 0.489 e. The molecule has 1 aliphatic heterocycles. The highest BCUT2D eigenvalue weighted by Gasteiger charge is 2.22. The monoisotopic (exact) mass is 248 g/mol. The second kappa shape index (κ2) is 4.81. The molecule has 1 aliphatic carbocycles. The van der Waals surface area contributed by atoms with Crippen LogP contribution in [0.4, 0.5) is 0 Å². The lowest BCUT2D eigenvalue weighted by Crippen LogP contribution is -2.12. The molecule has 98 valence electrons. The number of rotatable bonds is 0. The molecule has 0 fully saturated rings. The molecule has 0 bridgehead atoms. The van der Waals surface area contributed by atoms with Gasteiger partial charge in [0.1, 0.15) is 0 Å². The molecule has 1 aromatic rings. The van der Waals surface area contributed by atoms with Gasteiger partial charge in [-0.3, -0.25) is 0 Å². The topological polar surface area (TPSA) is 38.7 Å². The Hall–Kier alpha value is -1.22. The molecule has 0 saturated carbocycles. The Morgan fingerprint density at radius 2 is 1.83 bits per heavy atom. The van der Waals surface area contributed by atoms with Gasteiger partial charge < -0.3 is 14.6 Å². The number of fused-ring (bicyclic) bond motifs is 2. The van der Waals surface area contributed by atoms with Crippen molar-refractivity contribution in [1.82, 2.24) is 0 Å². The van der Waals surface area contributed by atoms with Gasteiger partial charge in [-0.05, 0) is 42.5 Å². The van der Waals surface area contributed by atoms with E-state index in [4.69, 9.17) is 9.47 Å². The first kappa shape index (κ1) is 11.8. The summed E-state index contributed by atoms with van der Waals surface area (Å²) in [5.74, 6) is 2.04. The first-order valence-corrected chi connectivity index (χ1v) is 6.84. The molecule has 3 nitrogen and oxygen atoms in total. The van der Waals surface area contributed by atoms with E-state index in [1.165, 1.54) is 5.56 Å². The Morgan fingerprint density at radius 3 is 2.61 bits per heavy atom. The summed E-state index contributed by atoms with van der Waals surface area (Å²) < 4.78 is 11.6. The van der Waals surface area contributed by atoms with E-state index in [2.05, 4.69) is 13.0 Å². The molecule has 0 spiro atoms. The number of aliphatic hydroxyl groups is 1. The fourth-order valence-corrected chi connectivity index (χ4v) is 2.69. The van der Waals surface area contributed by atoms with Crippen molar-refractivity contribution in [1.29, 1.82) is 0 Å². The van der Waals surface area contributed by atoms with Gasteiger partial charge in [0.05, 0.1) is 19.3 Å². The summed E-state index contributed by atoms with van der Waals surface area (Å²) in [6.07, 6.45) is 3.75. The minimum Gasteiger partial charge on any atom is -0.489 e. The number of aliphatic hydroxyl groups excluding tert-OH is 1. The summed E-state index contributed by atoms with van der Waals surface area (Å²) in [6.45, 7) is 3.50. The molecule has 2 atom stereocenters. The molecule has 3 rings (SSSR count). The summed E-state index contributed by atoms with van der Waals surface area (Å²) in [4.78, 5) is 0. The van der Waals surface area contributed by atoms with Crippen LogP contribution in [-0.4, -0.2) is 18.3 Å². The summed E-state index contributed by atoms with van der Waals surface area (Å²) >= 11 is 0. The maximum Gasteiger partial charge on any atom is 0.161 e. The molecular formula is C15H20O3. The number of hydrogen-bond acceptors (Lipinski definition) is 3. The maximum atomic E-state index is 10.2. The van der Waals surface area contributed by atoms with Gasteiger partial charge >= 0.3 is 0 Å². The lowest BCUT2D eigenvalue weighted by Gasteiger charge is -2.15. The predicted octanol–water partition coefficient (Wildman–Crippen LogP) is 2.85. The molecule has 1 heterocycles. The summed E-state index contributed by atoms with van der Waals surface area (Å²) in [6, 6.07) is 4.05. The van der Waals surface area contributed by atoms with Crippen LogP contribution < -0.4 is 9.47 Å². The van der Waals surface area contributed by atoms with Crippen LogP contribution in [0.25, 0.3) is 0 Å². The van der Waals surface area contributed by atoms with Crippen LogP contribution >= 0.6 is 0 Å². The Labute approximate surface area is 108 Å². The molecule has 2 aliphatic rings. The van der Waals surface area contributed by atoms with E-state index in [9.17, 15) is 5.11 Å². The van der Waals surface area contributed by atoms with E-state index in [1.807, 2.05) is 6.07 Å². The van der Waals surface area contributed by atoms with Gasteiger partial charge in [-0.25, -0.2) is 0 Å². The summed E-state index contributed by atoms with van der Waals surface area (Å²) in [7, 11) is 0. The van der Waals surface area contributed by atoms with E-state index < -0.39 is 0 Å². The third kappa shape index (κ3) is 2.19. The van der Waals surface area contributed by atoms with E-state index in [1.54, 1.807) is 0 Å². The Kier molecular flexibility index (Phi) is 3.16. The smallest absolute Gasteiger partial charge is 0.161 e. The van der Waals surface area contributed by atoms with Gasteiger partial charge in [-0.2, -0.15) is 0 Å². The van der Waals surface area contributed by atoms with Crippen molar-refractivity contribution in [3.8, 4) is 11.5 Å².